The van der Waals surface area contributed by atoms with E-state index in [1.54, 1.807) is 36.9 Å². The first-order valence-corrected chi connectivity index (χ1v) is 9.90. The number of ether oxygens (including phenoxy) is 1. The first kappa shape index (κ1) is 21.3. The molecule has 1 heterocycles. The SMILES string of the molecule is CC(C)OC(=O)CC(NC(=O)N1CCc2ccccc2C1)c1ccccc1[N+](=O)[O-]. The number of nitro benzene ring substituents is 1. The monoisotopic (exact) mass is 411 g/mol. The molecule has 0 radical (unpaired) electrons. The van der Waals surface area contributed by atoms with Gasteiger partial charge in [-0.1, -0.05) is 42.5 Å². The van der Waals surface area contributed by atoms with Crippen molar-refractivity contribution in [2.24, 2.45) is 0 Å². The molecule has 158 valence electrons. The van der Waals surface area contributed by atoms with Crippen LogP contribution < -0.4 is 5.32 Å². The van der Waals surface area contributed by atoms with Gasteiger partial charge < -0.3 is 15.0 Å². The van der Waals surface area contributed by atoms with Gasteiger partial charge in [0.05, 0.1) is 29.1 Å². The van der Waals surface area contributed by atoms with Crippen molar-refractivity contribution in [3.63, 3.8) is 0 Å². The fourth-order valence-corrected chi connectivity index (χ4v) is 3.57. The molecular weight excluding hydrogens is 386 g/mol. The Hall–Kier alpha value is -3.42. The Kier molecular flexibility index (Phi) is 6.66. The third kappa shape index (κ3) is 5.14. The van der Waals surface area contributed by atoms with E-state index in [9.17, 15) is 19.7 Å². The predicted molar refractivity (Wildman–Crippen MR) is 111 cm³/mol. The van der Waals surface area contributed by atoms with Gasteiger partial charge in [0.2, 0.25) is 0 Å². The van der Waals surface area contributed by atoms with Crippen molar-refractivity contribution in [2.75, 3.05) is 6.54 Å². The molecule has 0 saturated carbocycles. The molecule has 0 aromatic heterocycles. The second-order valence-electron chi connectivity index (χ2n) is 7.50. The molecule has 2 aromatic rings. The predicted octanol–water partition coefficient (Wildman–Crippen LogP) is 3.75. The van der Waals surface area contributed by atoms with Crippen LogP contribution in [0.25, 0.3) is 0 Å². The summed E-state index contributed by atoms with van der Waals surface area (Å²) in [5, 5.41) is 14.3. The van der Waals surface area contributed by atoms with E-state index in [0.717, 1.165) is 12.0 Å². The second-order valence-corrected chi connectivity index (χ2v) is 7.50. The van der Waals surface area contributed by atoms with E-state index in [1.165, 1.54) is 11.6 Å². The van der Waals surface area contributed by atoms with E-state index in [2.05, 4.69) is 5.32 Å². The number of benzene rings is 2. The summed E-state index contributed by atoms with van der Waals surface area (Å²) in [6.45, 7) is 4.42. The van der Waals surface area contributed by atoms with Crippen molar-refractivity contribution < 1.29 is 19.2 Å². The lowest BCUT2D eigenvalue weighted by molar-refractivity contribution is -0.385. The summed E-state index contributed by atoms with van der Waals surface area (Å²) < 4.78 is 5.20. The van der Waals surface area contributed by atoms with Crippen LogP contribution in [0.4, 0.5) is 10.5 Å². The zero-order valence-corrected chi connectivity index (χ0v) is 17.0. The van der Waals surface area contributed by atoms with Gasteiger partial charge in [0, 0.05) is 19.2 Å². The van der Waals surface area contributed by atoms with Crippen LogP contribution in [-0.4, -0.2) is 34.5 Å². The number of hydrogen-bond donors (Lipinski definition) is 1. The van der Waals surface area contributed by atoms with Gasteiger partial charge in [0.15, 0.2) is 0 Å². The number of amides is 2. The molecule has 30 heavy (non-hydrogen) atoms. The van der Waals surface area contributed by atoms with E-state index in [4.69, 9.17) is 4.74 Å². The van der Waals surface area contributed by atoms with Crippen molar-refractivity contribution in [1.82, 2.24) is 10.2 Å². The van der Waals surface area contributed by atoms with Crippen molar-refractivity contribution in [3.8, 4) is 0 Å². The summed E-state index contributed by atoms with van der Waals surface area (Å²) >= 11 is 0. The zero-order valence-electron chi connectivity index (χ0n) is 17.0. The van der Waals surface area contributed by atoms with Gasteiger partial charge in [-0.15, -0.1) is 0 Å². The van der Waals surface area contributed by atoms with Crippen LogP contribution in [0.1, 0.15) is 43.0 Å². The maximum absolute atomic E-state index is 13.0. The molecule has 1 atom stereocenters. The van der Waals surface area contributed by atoms with Gasteiger partial charge in [0.25, 0.3) is 5.69 Å². The topological polar surface area (TPSA) is 102 Å². The first-order chi connectivity index (χ1) is 14.3. The van der Waals surface area contributed by atoms with Gasteiger partial charge in [-0.2, -0.15) is 0 Å². The summed E-state index contributed by atoms with van der Waals surface area (Å²) in [6.07, 6.45) is 0.215. The third-order valence-electron chi connectivity index (χ3n) is 4.96. The molecule has 8 heteroatoms. The van der Waals surface area contributed by atoms with E-state index in [0.29, 0.717) is 13.1 Å². The normalized spacial score (nSPS) is 14.0. The molecule has 1 aliphatic rings. The third-order valence-corrected chi connectivity index (χ3v) is 4.96. The van der Waals surface area contributed by atoms with Gasteiger partial charge in [-0.05, 0) is 31.4 Å². The number of carbonyl (C=O) groups is 2. The lowest BCUT2D eigenvalue weighted by Gasteiger charge is -2.30. The Morgan fingerprint density at radius 1 is 1.13 bits per heavy atom. The highest BCUT2D eigenvalue weighted by Crippen LogP contribution is 2.28. The molecule has 0 spiro atoms. The lowest BCUT2D eigenvalue weighted by atomic mass is 9.99. The highest BCUT2D eigenvalue weighted by atomic mass is 16.6. The Balaban J connectivity index is 1.81. The number of fused-ring (bicyclic) bond motifs is 1. The maximum atomic E-state index is 13.0. The van der Waals surface area contributed by atoms with E-state index >= 15 is 0 Å². The highest BCUT2D eigenvalue weighted by molar-refractivity contribution is 5.77. The largest absolute Gasteiger partial charge is 0.463 e. The lowest BCUT2D eigenvalue weighted by Crippen LogP contribution is -2.44. The average molecular weight is 411 g/mol. The van der Waals surface area contributed by atoms with Crippen LogP contribution in [-0.2, 0) is 22.5 Å². The number of nitro groups is 1. The van der Waals surface area contributed by atoms with Gasteiger partial charge in [-0.25, -0.2) is 4.79 Å². The molecule has 2 aromatic carbocycles. The number of rotatable bonds is 6. The second kappa shape index (κ2) is 9.39. The fourth-order valence-electron chi connectivity index (χ4n) is 3.57. The molecule has 0 bridgehead atoms. The van der Waals surface area contributed by atoms with Crippen molar-refractivity contribution in [1.29, 1.82) is 0 Å². The quantitative estimate of drug-likeness (QED) is 0.443. The number of carbonyl (C=O) groups excluding carboxylic acids is 2. The van der Waals surface area contributed by atoms with Crippen LogP contribution in [0.15, 0.2) is 48.5 Å². The van der Waals surface area contributed by atoms with Crippen molar-refractivity contribution in [3.05, 3.63) is 75.3 Å². The van der Waals surface area contributed by atoms with Crippen molar-refractivity contribution in [2.45, 2.75) is 45.4 Å². The van der Waals surface area contributed by atoms with Crippen LogP contribution in [0.3, 0.4) is 0 Å². The number of hydrogen-bond acceptors (Lipinski definition) is 5. The van der Waals surface area contributed by atoms with E-state index < -0.39 is 16.9 Å². The molecule has 0 aliphatic carbocycles. The number of nitrogens with zero attached hydrogens (tertiary/aromatic N) is 2. The summed E-state index contributed by atoms with van der Waals surface area (Å²) in [4.78, 5) is 37.9. The van der Waals surface area contributed by atoms with Crippen LogP contribution in [0.5, 0.6) is 0 Å². The summed E-state index contributed by atoms with van der Waals surface area (Å²) in [6, 6.07) is 12.8. The average Bonchev–Trinajstić information content (AvgIpc) is 2.72. The minimum atomic E-state index is -0.873. The molecule has 0 saturated heterocycles. The number of urea groups is 1. The molecule has 0 fully saturated rings. The number of para-hydroxylation sites is 1. The Bertz CT molecular complexity index is 944. The fraction of sp³-hybridized carbons (Fsp3) is 0.364. The minimum absolute atomic E-state index is 0.149. The molecule has 2 amide bonds. The molecular formula is C22H25N3O5. The molecule has 1 aliphatic heterocycles. The first-order valence-electron chi connectivity index (χ1n) is 9.90. The smallest absolute Gasteiger partial charge is 0.318 e. The molecule has 3 rings (SSSR count). The summed E-state index contributed by atoms with van der Waals surface area (Å²) in [5.74, 6) is -0.530. The Labute approximate surface area is 175 Å². The maximum Gasteiger partial charge on any atom is 0.318 e. The molecule has 1 unspecified atom stereocenters. The van der Waals surface area contributed by atoms with Crippen LogP contribution in [0, 0.1) is 10.1 Å². The van der Waals surface area contributed by atoms with Gasteiger partial charge in [0.1, 0.15) is 0 Å². The Morgan fingerprint density at radius 3 is 2.50 bits per heavy atom. The molecule has 8 nitrogen and oxygen atoms in total. The van der Waals surface area contributed by atoms with E-state index in [-0.39, 0.29) is 29.8 Å². The Morgan fingerprint density at radius 2 is 1.80 bits per heavy atom. The van der Waals surface area contributed by atoms with Crippen LogP contribution in [0.2, 0.25) is 0 Å². The summed E-state index contributed by atoms with van der Waals surface area (Å²) in [7, 11) is 0. The van der Waals surface area contributed by atoms with E-state index in [1.807, 2.05) is 24.3 Å². The molecule has 1 N–H and O–H groups in total. The number of nitrogens with one attached hydrogen (secondary N) is 1. The van der Waals surface area contributed by atoms with Gasteiger partial charge in [-0.3, -0.25) is 14.9 Å². The minimum Gasteiger partial charge on any atom is -0.463 e. The zero-order chi connectivity index (χ0) is 21.7. The van der Waals surface area contributed by atoms with Crippen LogP contribution >= 0.6 is 0 Å². The highest BCUT2D eigenvalue weighted by Gasteiger charge is 2.29. The standard InChI is InChI=1S/C22H25N3O5/c1-15(2)30-21(26)13-19(18-9-5-6-10-20(18)25(28)29)23-22(27)24-12-11-16-7-3-4-8-17(16)14-24/h3-10,15,19H,11-14H2,1-2H3,(H,23,27). The van der Waals surface area contributed by atoms with Crippen molar-refractivity contribution >= 4 is 17.7 Å². The summed E-state index contributed by atoms with van der Waals surface area (Å²) in [5.41, 5.74) is 2.40. The van der Waals surface area contributed by atoms with Gasteiger partial charge >= 0.3 is 12.0 Å². The number of esters is 1.